The average Bonchev–Trinajstić information content (AvgIpc) is 3.08. The van der Waals surface area contributed by atoms with Gasteiger partial charge in [0.1, 0.15) is 0 Å². The van der Waals surface area contributed by atoms with E-state index < -0.39 is 13.4 Å². The summed E-state index contributed by atoms with van der Waals surface area (Å²) >= 11 is 0. The lowest BCUT2D eigenvalue weighted by atomic mass is 9.82. The smallest absolute Gasteiger partial charge is 0.377 e. The molecule has 29 heavy (non-hydrogen) atoms. The molecule has 3 rings (SSSR count). The van der Waals surface area contributed by atoms with E-state index in [-0.39, 0.29) is 6.61 Å². The number of rotatable bonds is 9. The highest BCUT2D eigenvalue weighted by atomic mass is 31.2. The topological polar surface area (TPSA) is 102 Å². The van der Waals surface area contributed by atoms with E-state index in [4.69, 9.17) is 20.3 Å². The van der Waals surface area contributed by atoms with Gasteiger partial charge >= 0.3 is 7.82 Å². The number of aryl methyl sites for hydroxylation is 1. The fraction of sp³-hybridized carbons (Fsp3) is 0.636. The van der Waals surface area contributed by atoms with Crippen LogP contribution in [-0.4, -0.2) is 35.1 Å². The number of phosphoric ester groups is 1. The third kappa shape index (κ3) is 6.74. The van der Waals surface area contributed by atoms with E-state index in [1.165, 1.54) is 16.7 Å². The molecule has 4 N–H and O–H groups in total. The number of ether oxygens (including phenoxy) is 1. The Morgan fingerprint density at radius 3 is 2.86 bits per heavy atom. The van der Waals surface area contributed by atoms with Crippen LogP contribution in [0.1, 0.15) is 61.6 Å². The van der Waals surface area contributed by atoms with Crippen LogP contribution in [0.2, 0.25) is 0 Å². The normalized spacial score (nSPS) is 27.4. The molecule has 0 saturated heterocycles. The summed E-state index contributed by atoms with van der Waals surface area (Å²) in [5, 5.41) is 0. The molecular formula is C22H34NO5P. The van der Waals surface area contributed by atoms with Crippen molar-refractivity contribution >= 4 is 7.82 Å². The lowest BCUT2D eigenvalue weighted by molar-refractivity contribution is 0.116. The molecule has 0 radical (unpaired) electrons. The van der Waals surface area contributed by atoms with Crippen LogP contribution < -0.4 is 5.73 Å². The molecule has 162 valence electrons. The summed E-state index contributed by atoms with van der Waals surface area (Å²) in [5.74, 6) is 0.897. The van der Waals surface area contributed by atoms with E-state index in [0.717, 1.165) is 38.7 Å². The molecule has 0 aliphatic heterocycles. The molecule has 2 aliphatic carbocycles. The maximum absolute atomic E-state index is 11.0. The van der Waals surface area contributed by atoms with Crippen molar-refractivity contribution in [2.75, 3.05) is 19.8 Å². The Morgan fingerprint density at radius 2 is 2.10 bits per heavy atom. The van der Waals surface area contributed by atoms with E-state index in [2.05, 4.69) is 41.8 Å². The van der Waals surface area contributed by atoms with E-state index >= 15 is 0 Å². The fourth-order valence-corrected chi connectivity index (χ4v) is 4.99. The van der Waals surface area contributed by atoms with E-state index in [1.807, 2.05) is 0 Å². The van der Waals surface area contributed by atoms with Crippen LogP contribution in [0.3, 0.4) is 0 Å². The zero-order chi connectivity index (χ0) is 20.9. The van der Waals surface area contributed by atoms with Gasteiger partial charge in [0.25, 0.3) is 0 Å². The van der Waals surface area contributed by atoms with Crippen LogP contribution in [0, 0.1) is 5.92 Å². The molecule has 6 nitrogen and oxygen atoms in total. The summed E-state index contributed by atoms with van der Waals surface area (Å²) in [7, 11) is -4.48. The standard InChI is InChI=1S/C22H34NO5P/c1-2-3-4-11-27-15-17-5-6-19-13-20(8-7-18(19)12-17)21-9-10-22(23,14-21)16-28-29(24,25)26/h3-4,7-8,13,17,21H,2,5-6,9-12,14-16,23H2,1H3,(H2,24,25,26)/b4-3-/t17-,21+,22-/m1/s1. The first kappa shape index (κ1) is 22.7. The summed E-state index contributed by atoms with van der Waals surface area (Å²) < 4.78 is 21.5. The largest absolute Gasteiger partial charge is 0.469 e. The minimum Gasteiger partial charge on any atom is -0.377 e. The Morgan fingerprint density at radius 1 is 1.28 bits per heavy atom. The molecule has 0 bridgehead atoms. The molecule has 0 spiro atoms. The Labute approximate surface area is 173 Å². The summed E-state index contributed by atoms with van der Waals surface area (Å²) in [6.07, 6.45) is 10.9. The van der Waals surface area contributed by atoms with Crippen molar-refractivity contribution in [3.8, 4) is 0 Å². The van der Waals surface area contributed by atoms with Gasteiger partial charge in [-0.1, -0.05) is 37.3 Å². The van der Waals surface area contributed by atoms with Gasteiger partial charge in [0.15, 0.2) is 0 Å². The lowest BCUT2D eigenvalue weighted by Gasteiger charge is -2.26. The molecular weight excluding hydrogens is 389 g/mol. The number of phosphoric acid groups is 1. The van der Waals surface area contributed by atoms with Gasteiger partial charge in [-0.25, -0.2) is 4.57 Å². The highest BCUT2D eigenvalue weighted by Crippen LogP contribution is 2.44. The first-order valence-corrected chi connectivity index (χ1v) is 12.1. The highest BCUT2D eigenvalue weighted by molar-refractivity contribution is 7.46. The van der Waals surface area contributed by atoms with Gasteiger partial charge in [0.2, 0.25) is 0 Å². The van der Waals surface area contributed by atoms with Gasteiger partial charge < -0.3 is 20.3 Å². The number of hydrogen-bond donors (Lipinski definition) is 3. The van der Waals surface area contributed by atoms with E-state index in [9.17, 15) is 4.57 Å². The molecule has 3 atom stereocenters. The second-order valence-corrected chi connectivity index (χ2v) is 9.86. The van der Waals surface area contributed by atoms with Crippen LogP contribution in [-0.2, 0) is 26.7 Å². The SMILES string of the molecule is CC/C=C\COC[C@@H]1CCc2cc([C@H]3CC[C@](N)(COP(=O)(O)O)C3)ccc2C1. The Bertz CT molecular complexity index is 762. The molecule has 1 aromatic carbocycles. The van der Waals surface area contributed by atoms with Gasteiger partial charge in [-0.2, -0.15) is 0 Å². The van der Waals surface area contributed by atoms with Crippen molar-refractivity contribution < 1.29 is 23.6 Å². The van der Waals surface area contributed by atoms with Crippen molar-refractivity contribution in [3.63, 3.8) is 0 Å². The Hall–Kier alpha value is -1.01. The monoisotopic (exact) mass is 423 g/mol. The predicted octanol–water partition coefficient (Wildman–Crippen LogP) is 3.85. The summed E-state index contributed by atoms with van der Waals surface area (Å²) in [6, 6.07) is 6.76. The molecule has 0 unspecified atom stereocenters. The number of hydrogen-bond acceptors (Lipinski definition) is 4. The Balaban J connectivity index is 1.54. The lowest BCUT2D eigenvalue weighted by Crippen LogP contribution is -2.41. The molecule has 1 saturated carbocycles. The van der Waals surface area contributed by atoms with Gasteiger partial charge in [-0.05, 0) is 73.5 Å². The second kappa shape index (κ2) is 9.86. The van der Waals surface area contributed by atoms with Crippen LogP contribution in [0.4, 0.5) is 0 Å². The van der Waals surface area contributed by atoms with E-state index in [0.29, 0.717) is 31.3 Å². The first-order valence-electron chi connectivity index (χ1n) is 10.6. The summed E-state index contributed by atoms with van der Waals surface area (Å²) in [4.78, 5) is 17.9. The number of benzene rings is 1. The maximum atomic E-state index is 11.0. The number of nitrogens with two attached hydrogens (primary N) is 1. The van der Waals surface area contributed by atoms with Gasteiger partial charge in [-0.3, -0.25) is 4.52 Å². The minimum absolute atomic E-state index is 0.103. The molecule has 0 amide bonds. The van der Waals surface area contributed by atoms with Crippen LogP contribution in [0.15, 0.2) is 30.4 Å². The zero-order valence-electron chi connectivity index (χ0n) is 17.3. The first-order chi connectivity index (χ1) is 13.8. The third-order valence-corrected chi connectivity index (χ3v) is 6.63. The second-order valence-electron chi connectivity index (χ2n) is 8.62. The quantitative estimate of drug-likeness (QED) is 0.317. The van der Waals surface area contributed by atoms with Crippen LogP contribution >= 0.6 is 7.82 Å². The number of fused-ring (bicyclic) bond motifs is 1. The summed E-state index contributed by atoms with van der Waals surface area (Å²) in [5.41, 5.74) is 9.79. The van der Waals surface area contributed by atoms with Crippen molar-refractivity contribution in [1.82, 2.24) is 0 Å². The average molecular weight is 423 g/mol. The molecule has 2 aliphatic rings. The van der Waals surface area contributed by atoms with Crippen LogP contribution in [0.5, 0.6) is 0 Å². The molecule has 0 heterocycles. The van der Waals surface area contributed by atoms with Crippen molar-refractivity contribution in [2.24, 2.45) is 11.7 Å². The number of allylic oxidation sites excluding steroid dienone is 1. The zero-order valence-corrected chi connectivity index (χ0v) is 18.2. The highest BCUT2D eigenvalue weighted by Gasteiger charge is 2.38. The van der Waals surface area contributed by atoms with Crippen LogP contribution in [0.25, 0.3) is 0 Å². The molecule has 7 heteroatoms. The molecule has 0 aromatic heterocycles. The van der Waals surface area contributed by atoms with Gasteiger partial charge in [0.05, 0.1) is 19.8 Å². The van der Waals surface area contributed by atoms with Crippen molar-refractivity contribution in [3.05, 3.63) is 47.0 Å². The van der Waals surface area contributed by atoms with Gasteiger partial charge in [-0.15, -0.1) is 0 Å². The van der Waals surface area contributed by atoms with E-state index in [1.54, 1.807) is 0 Å². The minimum atomic E-state index is -4.48. The van der Waals surface area contributed by atoms with Crippen molar-refractivity contribution in [1.29, 1.82) is 0 Å². The summed E-state index contributed by atoms with van der Waals surface area (Å²) in [6.45, 7) is 3.53. The molecule has 1 aromatic rings. The fourth-order valence-electron chi connectivity index (χ4n) is 4.57. The van der Waals surface area contributed by atoms with Crippen molar-refractivity contribution in [2.45, 2.75) is 63.3 Å². The Kier molecular flexibility index (Phi) is 7.71. The molecule has 1 fully saturated rings. The third-order valence-electron chi connectivity index (χ3n) is 6.17. The predicted molar refractivity (Wildman–Crippen MR) is 114 cm³/mol. The maximum Gasteiger partial charge on any atom is 0.469 e. The van der Waals surface area contributed by atoms with Gasteiger partial charge in [0, 0.05) is 5.54 Å².